The average molecular weight is 333 g/mol. The molecule has 0 aliphatic rings. The molecule has 0 aliphatic carbocycles. The van der Waals surface area contributed by atoms with E-state index in [1.807, 2.05) is 34.7 Å². The summed E-state index contributed by atoms with van der Waals surface area (Å²) < 4.78 is 1.79. The normalized spacial score (nSPS) is 15.1. The van der Waals surface area contributed by atoms with E-state index in [1.165, 1.54) is 0 Å². The van der Waals surface area contributed by atoms with Crippen molar-refractivity contribution in [2.24, 2.45) is 13.0 Å². The lowest BCUT2D eigenvalue weighted by molar-refractivity contribution is 0.00588. The minimum absolute atomic E-state index is 0.0934. The largest absolute Gasteiger partial charge is 0.388 e. The van der Waals surface area contributed by atoms with Crippen molar-refractivity contribution >= 4 is 5.91 Å². The Bertz CT molecular complexity index is 729. The van der Waals surface area contributed by atoms with Crippen LogP contribution >= 0.6 is 0 Å². The second-order valence-corrected chi connectivity index (χ2v) is 6.69. The average Bonchev–Trinajstić information content (AvgIpc) is 3.09. The Balaban J connectivity index is 2.12. The van der Waals surface area contributed by atoms with Crippen LogP contribution in [-0.2, 0) is 7.05 Å². The molecule has 2 aromatic heterocycles. The molecule has 3 N–H and O–H groups in total. The standard InChI is InChI=1S/C17H27N5O2/c1-7-10(2)17(5,24)9-18-16(23)14-8-13(19-20-14)15-11(3)21-22(6)12(15)4/h8,10,24H,7,9H2,1-6H3,(H,18,23)(H,19,20). The Kier molecular flexibility index (Phi) is 5.13. The lowest BCUT2D eigenvalue weighted by atomic mass is 9.88. The highest BCUT2D eigenvalue weighted by atomic mass is 16.3. The lowest BCUT2D eigenvalue weighted by Gasteiger charge is -2.29. The number of rotatable bonds is 6. The molecular weight excluding hydrogens is 306 g/mol. The van der Waals surface area contributed by atoms with Crippen molar-refractivity contribution in [2.75, 3.05) is 6.54 Å². The molecular formula is C17H27N5O2. The molecule has 2 aromatic rings. The third-order valence-corrected chi connectivity index (χ3v) is 4.87. The highest BCUT2D eigenvalue weighted by Gasteiger charge is 2.28. The number of nitrogens with one attached hydrogen (secondary N) is 2. The number of aromatic nitrogens is 4. The van der Waals surface area contributed by atoms with Gasteiger partial charge < -0.3 is 10.4 Å². The first kappa shape index (κ1) is 18.2. The molecule has 0 saturated carbocycles. The number of aryl methyl sites for hydroxylation is 2. The van der Waals surface area contributed by atoms with Gasteiger partial charge in [0.2, 0.25) is 0 Å². The molecule has 1 amide bonds. The highest BCUT2D eigenvalue weighted by molar-refractivity contribution is 5.93. The van der Waals surface area contributed by atoms with Crippen molar-refractivity contribution in [2.45, 2.75) is 46.6 Å². The van der Waals surface area contributed by atoms with E-state index in [1.54, 1.807) is 17.7 Å². The van der Waals surface area contributed by atoms with Crippen molar-refractivity contribution < 1.29 is 9.90 Å². The molecule has 7 nitrogen and oxygen atoms in total. The molecule has 2 heterocycles. The molecule has 132 valence electrons. The topological polar surface area (TPSA) is 95.8 Å². The SMILES string of the molecule is CCC(C)C(C)(O)CNC(=O)c1cc(-c2c(C)nn(C)c2C)n[nH]1. The third kappa shape index (κ3) is 3.51. The van der Waals surface area contributed by atoms with Gasteiger partial charge in [-0.3, -0.25) is 14.6 Å². The summed E-state index contributed by atoms with van der Waals surface area (Å²) >= 11 is 0. The van der Waals surface area contributed by atoms with E-state index in [2.05, 4.69) is 20.6 Å². The van der Waals surface area contributed by atoms with Crippen LogP contribution in [0.25, 0.3) is 11.3 Å². The summed E-state index contributed by atoms with van der Waals surface area (Å²) in [5.41, 5.74) is 2.91. The number of hydrogen-bond donors (Lipinski definition) is 3. The number of hydrogen-bond acceptors (Lipinski definition) is 4. The molecule has 0 bridgehead atoms. The maximum atomic E-state index is 12.3. The molecule has 24 heavy (non-hydrogen) atoms. The van der Waals surface area contributed by atoms with Crippen LogP contribution in [-0.4, -0.2) is 43.1 Å². The number of aromatic amines is 1. The van der Waals surface area contributed by atoms with Crippen LogP contribution in [0, 0.1) is 19.8 Å². The smallest absolute Gasteiger partial charge is 0.269 e. The second kappa shape index (κ2) is 6.76. The first-order valence-electron chi connectivity index (χ1n) is 8.24. The molecule has 0 radical (unpaired) electrons. The van der Waals surface area contributed by atoms with E-state index in [-0.39, 0.29) is 18.4 Å². The monoisotopic (exact) mass is 333 g/mol. The zero-order valence-electron chi connectivity index (χ0n) is 15.3. The summed E-state index contributed by atoms with van der Waals surface area (Å²) in [6.45, 7) is 9.80. The van der Waals surface area contributed by atoms with Crippen LogP contribution in [0.2, 0.25) is 0 Å². The van der Waals surface area contributed by atoms with Gasteiger partial charge in [0.25, 0.3) is 5.91 Å². The Hall–Kier alpha value is -2.15. The van der Waals surface area contributed by atoms with Gasteiger partial charge in [-0.1, -0.05) is 20.3 Å². The van der Waals surface area contributed by atoms with Crippen molar-refractivity contribution in [3.63, 3.8) is 0 Å². The Morgan fingerprint density at radius 1 is 1.50 bits per heavy atom. The Labute approximate surface area is 142 Å². The van der Waals surface area contributed by atoms with Crippen molar-refractivity contribution in [3.8, 4) is 11.3 Å². The zero-order chi connectivity index (χ0) is 18.1. The van der Waals surface area contributed by atoms with Crippen molar-refractivity contribution in [1.82, 2.24) is 25.3 Å². The molecule has 2 rings (SSSR count). The minimum Gasteiger partial charge on any atom is -0.388 e. The maximum Gasteiger partial charge on any atom is 0.269 e. The van der Waals surface area contributed by atoms with E-state index in [4.69, 9.17) is 0 Å². The minimum atomic E-state index is -0.941. The van der Waals surface area contributed by atoms with Crippen molar-refractivity contribution in [3.05, 3.63) is 23.1 Å². The first-order chi connectivity index (χ1) is 11.2. The number of amides is 1. The van der Waals surface area contributed by atoms with Gasteiger partial charge in [-0.05, 0) is 32.8 Å². The van der Waals surface area contributed by atoms with Gasteiger partial charge >= 0.3 is 0 Å². The summed E-state index contributed by atoms with van der Waals surface area (Å²) in [5.74, 6) is -0.188. The first-order valence-corrected chi connectivity index (χ1v) is 8.24. The van der Waals surface area contributed by atoms with Gasteiger partial charge in [0.05, 0.1) is 17.0 Å². The van der Waals surface area contributed by atoms with Crippen LogP contribution in [0.5, 0.6) is 0 Å². The Morgan fingerprint density at radius 2 is 2.17 bits per heavy atom. The summed E-state index contributed by atoms with van der Waals surface area (Å²) in [4.78, 5) is 12.3. The number of nitrogens with zero attached hydrogens (tertiary/aromatic N) is 3. The summed E-state index contributed by atoms with van der Waals surface area (Å²) in [6.07, 6.45) is 0.844. The van der Waals surface area contributed by atoms with Gasteiger partial charge in [-0.15, -0.1) is 0 Å². The van der Waals surface area contributed by atoms with E-state index in [9.17, 15) is 9.90 Å². The van der Waals surface area contributed by atoms with Crippen LogP contribution in [0.1, 0.15) is 49.1 Å². The summed E-state index contributed by atoms with van der Waals surface area (Å²) in [6, 6.07) is 1.71. The van der Waals surface area contributed by atoms with E-state index >= 15 is 0 Å². The summed E-state index contributed by atoms with van der Waals surface area (Å²) in [7, 11) is 1.88. The Morgan fingerprint density at radius 3 is 2.71 bits per heavy atom. The molecule has 0 fully saturated rings. The fourth-order valence-corrected chi connectivity index (χ4v) is 2.68. The fraction of sp³-hybridized carbons (Fsp3) is 0.588. The molecule has 0 aromatic carbocycles. The zero-order valence-corrected chi connectivity index (χ0v) is 15.3. The predicted molar refractivity (Wildman–Crippen MR) is 92.7 cm³/mol. The van der Waals surface area contributed by atoms with Gasteiger partial charge in [-0.25, -0.2) is 0 Å². The summed E-state index contributed by atoms with van der Waals surface area (Å²) in [5, 5.41) is 24.5. The van der Waals surface area contributed by atoms with E-state index < -0.39 is 5.60 Å². The molecule has 2 unspecified atom stereocenters. The highest BCUT2D eigenvalue weighted by Crippen LogP contribution is 2.25. The molecule has 2 atom stereocenters. The maximum absolute atomic E-state index is 12.3. The quantitative estimate of drug-likeness (QED) is 0.753. The number of carbonyl (C=O) groups excluding carboxylic acids is 1. The third-order valence-electron chi connectivity index (χ3n) is 4.87. The van der Waals surface area contributed by atoms with Gasteiger partial charge in [-0.2, -0.15) is 10.2 Å². The molecule has 7 heteroatoms. The van der Waals surface area contributed by atoms with E-state index in [0.29, 0.717) is 11.4 Å². The van der Waals surface area contributed by atoms with Gasteiger partial charge in [0.1, 0.15) is 5.69 Å². The number of H-pyrrole nitrogens is 1. The fourth-order valence-electron chi connectivity index (χ4n) is 2.68. The van der Waals surface area contributed by atoms with Crippen LogP contribution in [0.15, 0.2) is 6.07 Å². The molecule has 0 aliphatic heterocycles. The van der Waals surface area contributed by atoms with Crippen LogP contribution in [0.4, 0.5) is 0 Å². The molecule has 0 saturated heterocycles. The second-order valence-electron chi connectivity index (χ2n) is 6.69. The van der Waals surface area contributed by atoms with Gasteiger partial charge in [0, 0.05) is 24.8 Å². The van der Waals surface area contributed by atoms with Gasteiger partial charge in [0.15, 0.2) is 0 Å². The number of aliphatic hydroxyl groups is 1. The van der Waals surface area contributed by atoms with Crippen LogP contribution < -0.4 is 5.32 Å². The molecule has 0 spiro atoms. The lowest BCUT2D eigenvalue weighted by Crippen LogP contribution is -2.45. The van der Waals surface area contributed by atoms with Crippen LogP contribution in [0.3, 0.4) is 0 Å². The van der Waals surface area contributed by atoms with E-state index in [0.717, 1.165) is 23.4 Å². The van der Waals surface area contributed by atoms with Crippen molar-refractivity contribution in [1.29, 1.82) is 0 Å². The number of carbonyl (C=O) groups is 1. The predicted octanol–water partition coefficient (Wildman–Crippen LogP) is 1.95.